The van der Waals surface area contributed by atoms with Crippen LogP contribution in [0, 0.1) is 13.8 Å². The normalized spacial score (nSPS) is 20.0. The zero-order valence-electron chi connectivity index (χ0n) is 16.9. The van der Waals surface area contributed by atoms with Crippen molar-refractivity contribution in [1.29, 1.82) is 0 Å². The molecule has 26 heavy (non-hydrogen) atoms. The van der Waals surface area contributed by atoms with Crippen molar-refractivity contribution in [3.63, 3.8) is 0 Å². The van der Waals surface area contributed by atoms with E-state index in [1.807, 2.05) is 0 Å². The summed E-state index contributed by atoms with van der Waals surface area (Å²) in [6.45, 7) is 17.1. The highest BCUT2D eigenvalue weighted by Crippen LogP contribution is 2.23. The van der Waals surface area contributed by atoms with Gasteiger partial charge in [0.25, 0.3) is 0 Å². The lowest BCUT2D eigenvalue weighted by Crippen LogP contribution is -2.54. The lowest BCUT2D eigenvalue weighted by molar-refractivity contribution is -0.134. The highest BCUT2D eigenvalue weighted by Gasteiger charge is 2.25. The first-order valence-corrected chi connectivity index (χ1v) is 10.0. The minimum absolute atomic E-state index is 0.300. The number of carbonyl (C=O) groups excluding carboxylic acids is 1. The number of anilines is 1. The van der Waals surface area contributed by atoms with E-state index in [1.54, 1.807) is 0 Å². The zero-order chi connectivity index (χ0) is 18.7. The number of benzene rings is 1. The van der Waals surface area contributed by atoms with Crippen LogP contribution in [0.4, 0.5) is 5.69 Å². The number of piperazine rings is 2. The Morgan fingerprint density at radius 1 is 0.962 bits per heavy atom. The van der Waals surface area contributed by atoms with E-state index >= 15 is 0 Å². The summed E-state index contributed by atoms with van der Waals surface area (Å²) >= 11 is 0. The highest BCUT2D eigenvalue weighted by atomic mass is 16.2. The molecule has 0 unspecified atom stereocenters. The Morgan fingerprint density at radius 3 is 2.23 bits per heavy atom. The molecule has 0 aromatic heterocycles. The summed E-state index contributed by atoms with van der Waals surface area (Å²) in [6, 6.07) is 7.11. The van der Waals surface area contributed by atoms with Gasteiger partial charge in [-0.2, -0.15) is 0 Å². The number of amides is 1. The Kier molecular flexibility index (Phi) is 6.20. The van der Waals surface area contributed by atoms with Crippen LogP contribution >= 0.6 is 0 Å². The van der Waals surface area contributed by atoms with E-state index in [0.717, 1.165) is 52.4 Å². The van der Waals surface area contributed by atoms with Gasteiger partial charge in [0.15, 0.2) is 0 Å². The summed E-state index contributed by atoms with van der Waals surface area (Å²) in [5.41, 5.74) is 4.07. The average Bonchev–Trinajstić information content (AvgIpc) is 2.65. The van der Waals surface area contributed by atoms with Crippen molar-refractivity contribution >= 4 is 11.6 Å². The van der Waals surface area contributed by atoms with Gasteiger partial charge < -0.3 is 9.80 Å². The first-order chi connectivity index (χ1) is 12.5. The summed E-state index contributed by atoms with van der Waals surface area (Å²) in [5.74, 6) is 0.300. The van der Waals surface area contributed by atoms with Crippen LogP contribution in [-0.2, 0) is 4.79 Å². The van der Waals surface area contributed by atoms with Gasteiger partial charge in [0.2, 0.25) is 5.91 Å². The molecule has 1 amide bonds. The molecule has 0 aliphatic carbocycles. The third-order valence-electron chi connectivity index (χ3n) is 6.05. The largest absolute Gasteiger partial charge is 0.369 e. The molecule has 5 nitrogen and oxygen atoms in total. The van der Waals surface area contributed by atoms with E-state index in [4.69, 9.17) is 0 Å². The van der Waals surface area contributed by atoms with E-state index in [-0.39, 0.29) is 0 Å². The van der Waals surface area contributed by atoms with Crippen molar-refractivity contribution in [2.45, 2.75) is 33.7 Å². The Hall–Kier alpha value is -1.59. The molecule has 0 saturated carbocycles. The summed E-state index contributed by atoms with van der Waals surface area (Å²) < 4.78 is 0. The minimum atomic E-state index is 0.300. The molecule has 0 N–H and O–H groups in total. The molecule has 1 aromatic rings. The van der Waals surface area contributed by atoms with Gasteiger partial charge in [-0.05, 0) is 44.9 Å². The molecule has 0 spiro atoms. The molecule has 5 heteroatoms. The molecule has 2 aliphatic rings. The second-order valence-electron chi connectivity index (χ2n) is 7.99. The molecule has 0 atom stereocenters. The van der Waals surface area contributed by atoms with Crippen LogP contribution in [0.5, 0.6) is 0 Å². The van der Waals surface area contributed by atoms with Crippen molar-refractivity contribution in [3.8, 4) is 0 Å². The second-order valence-corrected chi connectivity index (χ2v) is 7.99. The molecule has 144 valence electrons. The molecule has 1 aromatic carbocycles. The number of hydrogen-bond acceptors (Lipinski definition) is 4. The average molecular weight is 359 g/mol. The first kappa shape index (κ1) is 19.2. The zero-order valence-corrected chi connectivity index (χ0v) is 16.9. The van der Waals surface area contributed by atoms with E-state index in [1.165, 1.54) is 16.8 Å². The Morgan fingerprint density at radius 2 is 1.62 bits per heavy atom. The summed E-state index contributed by atoms with van der Waals surface area (Å²) in [7, 11) is 0. The van der Waals surface area contributed by atoms with Gasteiger partial charge >= 0.3 is 0 Å². The van der Waals surface area contributed by atoms with Gasteiger partial charge in [0.05, 0.1) is 6.54 Å². The number of nitrogens with zero attached hydrogens (tertiary/aromatic N) is 4. The molecular weight excluding hydrogens is 324 g/mol. The van der Waals surface area contributed by atoms with Crippen molar-refractivity contribution < 1.29 is 4.79 Å². The van der Waals surface area contributed by atoms with Crippen LogP contribution < -0.4 is 4.90 Å². The Labute approximate surface area is 158 Å². The van der Waals surface area contributed by atoms with Crippen LogP contribution in [0.1, 0.15) is 25.0 Å². The van der Waals surface area contributed by atoms with E-state index in [2.05, 4.69) is 65.5 Å². The van der Waals surface area contributed by atoms with E-state index in [0.29, 0.717) is 18.5 Å². The molecule has 2 heterocycles. The third kappa shape index (κ3) is 4.38. The maximum Gasteiger partial charge on any atom is 0.236 e. The summed E-state index contributed by atoms with van der Waals surface area (Å²) in [6.07, 6.45) is 0. The van der Waals surface area contributed by atoms with Gasteiger partial charge in [-0.1, -0.05) is 12.1 Å². The van der Waals surface area contributed by atoms with Crippen molar-refractivity contribution in [2.75, 3.05) is 63.8 Å². The lowest BCUT2D eigenvalue weighted by atomic mass is 10.1. The monoisotopic (exact) mass is 358 g/mol. The SMILES string of the molecule is Cc1cccc(N2CCN(CC(=O)N3CCN(C(C)C)CC3)CC2)c1C. The topological polar surface area (TPSA) is 30.0 Å². The van der Waals surface area contributed by atoms with Crippen LogP contribution in [0.25, 0.3) is 0 Å². The van der Waals surface area contributed by atoms with Crippen LogP contribution in [0.3, 0.4) is 0 Å². The highest BCUT2D eigenvalue weighted by molar-refractivity contribution is 5.78. The van der Waals surface area contributed by atoms with Gasteiger partial charge in [-0.15, -0.1) is 0 Å². The Balaban J connectivity index is 1.47. The number of rotatable bonds is 4. The predicted molar refractivity (Wildman–Crippen MR) is 108 cm³/mol. The van der Waals surface area contributed by atoms with Gasteiger partial charge in [-0.3, -0.25) is 14.6 Å². The molecule has 2 saturated heterocycles. The van der Waals surface area contributed by atoms with Crippen molar-refractivity contribution in [1.82, 2.24) is 14.7 Å². The van der Waals surface area contributed by atoms with Crippen LogP contribution in [-0.4, -0.2) is 85.6 Å². The van der Waals surface area contributed by atoms with Crippen molar-refractivity contribution in [3.05, 3.63) is 29.3 Å². The third-order valence-corrected chi connectivity index (χ3v) is 6.05. The smallest absolute Gasteiger partial charge is 0.236 e. The van der Waals surface area contributed by atoms with Gasteiger partial charge in [0.1, 0.15) is 0 Å². The molecule has 2 aliphatic heterocycles. The summed E-state index contributed by atoms with van der Waals surface area (Å²) in [5, 5.41) is 0. The van der Waals surface area contributed by atoms with E-state index in [9.17, 15) is 4.79 Å². The molecule has 3 rings (SSSR count). The fraction of sp³-hybridized carbons (Fsp3) is 0.667. The molecule has 0 bridgehead atoms. The standard InChI is InChI=1S/C21H34N4O/c1-17(2)23-12-14-25(15-13-23)21(26)16-22-8-10-24(11-9-22)20-7-5-6-18(3)19(20)4/h5-7,17H,8-16H2,1-4H3. The summed E-state index contributed by atoms with van der Waals surface area (Å²) in [4.78, 5) is 21.9. The van der Waals surface area contributed by atoms with Gasteiger partial charge in [0, 0.05) is 64.1 Å². The maximum absolute atomic E-state index is 12.6. The number of hydrogen-bond donors (Lipinski definition) is 0. The first-order valence-electron chi connectivity index (χ1n) is 10.0. The lowest BCUT2D eigenvalue weighted by Gasteiger charge is -2.39. The van der Waals surface area contributed by atoms with E-state index < -0.39 is 0 Å². The number of aryl methyl sites for hydroxylation is 1. The minimum Gasteiger partial charge on any atom is -0.369 e. The predicted octanol–water partition coefficient (Wildman–Crippen LogP) is 1.98. The number of carbonyl (C=O) groups is 1. The molecular formula is C21H34N4O. The molecule has 0 radical (unpaired) electrons. The maximum atomic E-state index is 12.6. The van der Waals surface area contributed by atoms with Crippen LogP contribution in [0.15, 0.2) is 18.2 Å². The van der Waals surface area contributed by atoms with Crippen molar-refractivity contribution in [2.24, 2.45) is 0 Å². The fourth-order valence-electron chi connectivity index (χ4n) is 4.00. The fourth-order valence-corrected chi connectivity index (χ4v) is 4.00. The quantitative estimate of drug-likeness (QED) is 0.823. The Bertz CT molecular complexity index is 614. The molecule has 2 fully saturated rings. The van der Waals surface area contributed by atoms with Gasteiger partial charge in [-0.25, -0.2) is 0 Å². The second kappa shape index (κ2) is 8.40. The van der Waals surface area contributed by atoms with Crippen LogP contribution in [0.2, 0.25) is 0 Å².